The van der Waals surface area contributed by atoms with Crippen molar-refractivity contribution >= 4 is 50.4 Å². The predicted octanol–water partition coefficient (Wildman–Crippen LogP) is 4.59. The summed E-state index contributed by atoms with van der Waals surface area (Å²) in [6.07, 6.45) is 8.25. The molecule has 4 N–H and O–H groups in total. The monoisotopic (exact) mass is 787 g/mol. The van der Waals surface area contributed by atoms with Crippen LogP contribution in [0.3, 0.4) is 0 Å². The molecule has 3 heterocycles. The molecule has 1 aromatic heterocycles. The normalized spacial score (nSPS) is 26.9. The summed E-state index contributed by atoms with van der Waals surface area (Å²) >= 11 is 0. The summed E-state index contributed by atoms with van der Waals surface area (Å²) in [5, 5.41) is 9.21. The average molecular weight is 788 g/mol. The van der Waals surface area contributed by atoms with E-state index in [-0.39, 0.29) is 43.3 Å². The number of fused-ring (bicyclic) bond motifs is 3. The zero-order valence-corrected chi connectivity index (χ0v) is 33.4. The summed E-state index contributed by atoms with van der Waals surface area (Å²) in [6.45, 7) is 7.93. The second-order valence-electron chi connectivity index (χ2n) is 16.2. The van der Waals surface area contributed by atoms with E-state index < -0.39 is 56.2 Å². The maximum absolute atomic E-state index is 14.7. The number of nitrogens with zero attached hydrogens (tertiary/aromatic N) is 3. The van der Waals surface area contributed by atoms with E-state index in [1.807, 2.05) is 73.9 Å². The number of carbonyl (C=O) groups is 4. The van der Waals surface area contributed by atoms with Gasteiger partial charge in [0.05, 0.1) is 22.4 Å². The molecule has 3 fully saturated rings. The van der Waals surface area contributed by atoms with Gasteiger partial charge < -0.3 is 25.6 Å². The molecule has 0 unspecified atom stereocenters. The Balaban J connectivity index is 1.22. The van der Waals surface area contributed by atoms with Gasteiger partial charge >= 0.3 is 0 Å². The number of sulfonamides is 1. The Bertz CT molecular complexity index is 2130. The highest BCUT2D eigenvalue weighted by atomic mass is 32.2. The SMILES string of the molecule is CCNC(=O)c1cccc2c1nc(O[C@@H]1C[C@H]3C(=O)N[C@]4(C(=O)NS(=O)(=O)C5(C)CC5)C[C@H]4/C=C\CCCCC[C@H](Nc4ccccc4)C(=O)N3C1)n2C(C)C. The van der Waals surface area contributed by atoms with Crippen LogP contribution < -0.4 is 25.4 Å². The molecule has 4 aliphatic rings. The first-order chi connectivity index (χ1) is 26.8. The van der Waals surface area contributed by atoms with Gasteiger partial charge in [0.1, 0.15) is 29.2 Å². The summed E-state index contributed by atoms with van der Waals surface area (Å²) in [4.78, 5) is 62.5. The molecule has 0 spiro atoms. The van der Waals surface area contributed by atoms with Crippen LogP contribution in [0.4, 0.5) is 5.69 Å². The molecule has 56 heavy (non-hydrogen) atoms. The fraction of sp³-hybridized carbons (Fsp3) is 0.537. The smallest absolute Gasteiger partial charge is 0.297 e. The number of carbonyl (C=O) groups excluding carboxylic acids is 4. The molecular formula is C41H53N7O7S. The van der Waals surface area contributed by atoms with Crippen LogP contribution in [0.25, 0.3) is 11.0 Å². The number of hydrogen-bond acceptors (Lipinski definition) is 9. The molecule has 5 atom stereocenters. The van der Waals surface area contributed by atoms with Gasteiger partial charge in [0.25, 0.3) is 17.8 Å². The molecule has 0 bridgehead atoms. The average Bonchev–Trinajstić information content (AvgIpc) is 3.98. The number of rotatable bonds is 10. The Labute approximate surface area is 328 Å². The topological polar surface area (TPSA) is 181 Å². The van der Waals surface area contributed by atoms with Gasteiger partial charge in [-0.1, -0.05) is 49.3 Å². The minimum absolute atomic E-state index is 0.0592. The first-order valence-corrected chi connectivity index (χ1v) is 21.4. The number of allylic oxidation sites excluding steroid dienone is 1. The molecule has 7 rings (SSSR count). The third-order valence-electron chi connectivity index (χ3n) is 11.6. The minimum atomic E-state index is -3.97. The summed E-state index contributed by atoms with van der Waals surface area (Å²) in [5.74, 6) is -2.27. The van der Waals surface area contributed by atoms with E-state index in [1.165, 1.54) is 4.90 Å². The van der Waals surface area contributed by atoms with Crippen molar-refractivity contribution in [1.82, 2.24) is 29.8 Å². The number of amides is 4. The number of para-hydroxylation sites is 2. The Kier molecular flexibility index (Phi) is 10.9. The molecule has 300 valence electrons. The second kappa shape index (κ2) is 15.5. The van der Waals surface area contributed by atoms with Gasteiger partial charge in [0, 0.05) is 30.6 Å². The molecule has 2 saturated carbocycles. The zero-order chi connectivity index (χ0) is 39.8. The Hall–Kier alpha value is -4.92. The fourth-order valence-electron chi connectivity index (χ4n) is 7.95. The van der Waals surface area contributed by atoms with Gasteiger partial charge in [-0.05, 0) is 90.5 Å². The lowest BCUT2D eigenvalue weighted by Crippen LogP contribution is -2.58. The summed E-state index contributed by atoms with van der Waals surface area (Å²) in [7, 11) is -3.97. The van der Waals surface area contributed by atoms with E-state index >= 15 is 0 Å². The number of nitrogens with one attached hydrogen (secondary N) is 4. The largest absolute Gasteiger partial charge is 0.459 e. The summed E-state index contributed by atoms with van der Waals surface area (Å²) in [5.41, 5.74) is 0.888. The minimum Gasteiger partial charge on any atom is -0.459 e. The molecule has 2 aliphatic heterocycles. The van der Waals surface area contributed by atoms with Crippen molar-refractivity contribution < 1.29 is 32.3 Å². The van der Waals surface area contributed by atoms with Gasteiger partial charge in [0.2, 0.25) is 21.8 Å². The summed E-state index contributed by atoms with van der Waals surface area (Å²) in [6, 6.07) is 13.3. The van der Waals surface area contributed by atoms with E-state index in [9.17, 15) is 27.6 Å². The van der Waals surface area contributed by atoms with Crippen molar-refractivity contribution in [2.45, 2.75) is 120 Å². The van der Waals surface area contributed by atoms with Crippen molar-refractivity contribution in [3.05, 3.63) is 66.2 Å². The van der Waals surface area contributed by atoms with E-state index in [4.69, 9.17) is 9.72 Å². The van der Waals surface area contributed by atoms with Crippen LogP contribution in [0.2, 0.25) is 0 Å². The lowest BCUT2D eigenvalue weighted by molar-refractivity contribution is -0.140. The second-order valence-corrected chi connectivity index (χ2v) is 18.4. The van der Waals surface area contributed by atoms with Crippen LogP contribution in [-0.4, -0.2) is 88.1 Å². The lowest BCUT2D eigenvalue weighted by atomic mass is 10.0. The maximum Gasteiger partial charge on any atom is 0.297 e. The number of anilines is 1. The van der Waals surface area contributed by atoms with E-state index in [0.29, 0.717) is 42.4 Å². The Morgan fingerprint density at radius 1 is 1.05 bits per heavy atom. The van der Waals surface area contributed by atoms with Crippen LogP contribution in [-0.2, 0) is 24.4 Å². The Morgan fingerprint density at radius 2 is 1.82 bits per heavy atom. The van der Waals surface area contributed by atoms with Crippen LogP contribution in [0.5, 0.6) is 6.01 Å². The maximum atomic E-state index is 14.7. The number of ether oxygens (including phenoxy) is 1. The van der Waals surface area contributed by atoms with Crippen molar-refractivity contribution in [3.63, 3.8) is 0 Å². The van der Waals surface area contributed by atoms with Gasteiger partial charge in [-0.3, -0.25) is 28.5 Å². The van der Waals surface area contributed by atoms with Crippen molar-refractivity contribution in [3.8, 4) is 6.01 Å². The van der Waals surface area contributed by atoms with Crippen molar-refractivity contribution in [2.75, 3.05) is 18.4 Å². The number of benzene rings is 2. The molecule has 1 saturated heterocycles. The standard InChI is InChI=1S/C41H53N7O7S/c1-5-42-35(49)30-18-14-20-32-34(30)44-39(48(32)26(2)3)55-29-23-33-36(50)45-41(38(52)46-56(53,54)40(4)21-22-40)24-27(41)15-10-7-6-8-13-19-31(37(51)47(33)25-29)43-28-16-11-9-12-17-28/h9-12,14-18,20,26-27,29,31,33,43H,5-8,13,19,21-25H2,1-4H3,(H,42,49)(H,45,50)(H,46,52)/b15-10-/t27-,29-,31+,33+,41-/m1/s1. The van der Waals surface area contributed by atoms with Crippen LogP contribution in [0.15, 0.2) is 60.7 Å². The van der Waals surface area contributed by atoms with Crippen LogP contribution >= 0.6 is 0 Å². The lowest BCUT2D eigenvalue weighted by Gasteiger charge is -2.30. The van der Waals surface area contributed by atoms with Crippen LogP contribution in [0, 0.1) is 5.92 Å². The van der Waals surface area contributed by atoms with Crippen LogP contribution in [0.1, 0.15) is 102 Å². The highest BCUT2D eigenvalue weighted by Gasteiger charge is 2.63. The van der Waals surface area contributed by atoms with E-state index in [1.54, 1.807) is 19.1 Å². The van der Waals surface area contributed by atoms with Gasteiger partial charge in [-0.15, -0.1) is 0 Å². The molecule has 2 aromatic carbocycles. The molecular weight excluding hydrogens is 735 g/mol. The third-order valence-corrected chi connectivity index (χ3v) is 13.8. The number of imidazole rings is 1. The number of hydrogen-bond donors (Lipinski definition) is 4. The first kappa shape index (κ1) is 39.3. The Morgan fingerprint density at radius 3 is 2.54 bits per heavy atom. The molecule has 3 aromatic rings. The summed E-state index contributed by atoms with van der Waals surface area (Å²) < 4.78 is 36.2. The highest BCUT2D eigenvalue weighted by molar-refractivity contribution is 7.91. The van der Waals surface area contributed by atoms with Gasteiger partial charge in [0.15, 0.2) is 0 Å². The fourth-order valence-corrected chi connectivity index (χ4v) is 9.26. The molecule has 4 amide bonds. The molecule has 0 radical (unpaired) electrons. The molecule has 14 nitrogen and oxygen atoms in total. The molecule has 2 aliphatic carbocycles. The van der Waals surface area contributed by atoms with Crippen molar-refractivity contribution in [2.24, 2.45) is 5.92 Å². The quantitative estimate of drug-likeness (QED) is 0.214. The predicted molar refractivity (Wildman–Crippen MR) is 212 cm³/mol. The van der Waals surface area contributed by atoms with E-state index in [0.717, 1.165) is 31.4 Å². The molecule has 15 heteroatoms. The highest BCUT2D eigenvalue weighted by Crippen LogP contribution is 2.47. The van der Waals surface area contributed by atoms with Gasteiger partial charge in [-0.2, -0.15) is 4.98 Å². The van der Waals surface area contributed by atoms with Crippen molar-refractivity contribution in [1.29, 1.82) is 0 Å². The number of aromatic nitrogens is 2. The zero-order valence-electron chi connectivity index (χ0n) is 32.5. The first-order valence-electron chi connectivity index (χ1n) is 19.9. The van der Waals surface area contributed by atoms with E-state index in [2.05, 4.69) is 20.7 Å². The van der Waals surface area contributed by atoms with Gasteiger partial charge in [-0.25, -0.2) is 8.42 Å². The third kappa shape index (κ3) is 7.74.